The zero-order valence-corrected chi connectivity index (χ0v) is 26.3. The molecule has 0 aliphatic heterocycles. The average Bonchev–Trinajstić information content (AvgIpc) is 3.04. The fraction of sp³-hybridized carbons (Fsp3) is 0.514. The summed E-state index contributed by atoms with van der Waals surface area (Å²) in [4.78, 5) is 0. The molecule has 1 nitrogen and oxygen atoms in total. The number of aliphatic hydroxyl groups excluding tert-OH is 1. The van der Waals surface area contributed by atoms with Crippen molar-refractivity contribution in [2.24, 2.45) is 0 Å². The van der Waals surface area contributed by atoms with Gasteiger partial charge in [0.2, 0.25) is 0 Å². The van der Waals surface area contributed by atoms with Crippen molar-refractivity contribution in [3.8, 4) is 0 Å². The molecule has 6 rings (SSSR count). The van der Waals surface area contributed by atoms with Crippen LogP contribution in [0, 0.1) is 0 Å². The Morgan fingerprint density at radius 3 is 0.846 bits per heavy atom. The van der Waals surface area contributed by atoms with Crippen molar-refractivity contribution < 1.29 is 5.11 Å². The molecular formula is C37H49GeO. The van der Waals surface area contributed by atoms with Crippen molar-refractivity contribution in [3.05, 3.63) is 89.5 Å². The van der Waals surface area contributed by atoms with Gasteiger partial charge in [0.1, 0.15) is 0 Å². The molecule has 0 heterocycles. The molecule has 207 valence electrons. The number of rotatable bonds is 6. The van der Waals surface area contributed by atoms with Crippen LogP contribution in [-0.2, 0) is 0 Å². The van der Waals surface area contributed by atoms with Crippen molar-refractivity contribution in [3.63, 3.8) is 0 Å². The first-order valence-electron chi connectivity index (χ1n) is 16.0. The van der Waals surface area contributed by atoms with Crippen molar-refractivity contribution in [2.75, 3.05) is 7.11 Å². The monoisotopic (exact) mass is 583 g/mol. The third-order valence-corrected chi connectivity index (χ3v) is 15.6. The molecule has 3 aliphatic rings. The number of hydrogen-bond donors (Lipinski definition) is 1. The summed E-state index contributed by atoms with van der Waals surface area (Å²) in [6.07, 6.45) is 21.0. The molecule has 0 spiro atoms. The molecule has 0 unspecified atom stereocenters. The normalized spacial score (nSPS) is 19.5. The second kappa shape index (κ2) is 14.7. The molecule has 0 amide bonds. The van der Waals surface area contributed by atoms with Crippen LogP contribution in [0.5, 0.6) is 0 Å². The fourth-order valence-corrected chi connectivity index (χ4v) is 12.8. The van der Waals surface area contributed by atoms with Crippen molar-refractivity contribution in [1.82, 2.24) is 0 Å². The van der Waals surface area contributed by atoms with E-state index in [2.05, 4.69) is 72.8 Å². The molecule has 1 N–H and O–H groups in total. The minimum atomic E-state index is -1.86. The molecular weight excluding hydrogens is 533 g/mol. The minimum absolute atomic E-state index is 0.788. The van der Waals surface area contributed by atoms with E-state index >= 15 is 0 Å². The van der Waals surface area contributed by atoms with Crippen LogP contribution in [0.1, 0.15) is 131 Å². The van der Waals surface area contributed by atoms with E-state index in [-0.39, 0.29) is 0 Å². The van der Waals surface area contributed by atoms with Crippen molar-refractivity contribution in [2.45, 2.75) is 114 Å². The van der Waals surface area contributed by atoms with Gasteiger partial charge in [0, 0.05) is 7.11 Å². The molecule has 0 aromatic heterocycles. The van der Waals surface area contributed by atoms with Gasteiger partial charge in [-0.1, -0.05) is 0 Å². The summed E-state index contributed by atoms with van der Waals surface area (Å²) in [7, 11) is 1.00. The van der Waals surface area contributed by atoms with E-state index < -0.39 is 14.3 Å². The summed E-state index contributed by atoms with van der Waals surface area (Å²) in [5, 5.41) is 7.00. The van der Waals surface area contributed by atoms with Gasteiger partial charge in [-0.2, -0.15) is 0 Å². The standard InChI is InChI=1S/C36H45Ge.CH4O/c1-4-10-28(11-5-1)31-16-22-34(23-17-31)37(35-24-18-32(19-25-35)29-12-6-2-7-13-29)36-26-20-33(21-27-36)30-14-8-3-9-15-30;1-2/h16-30H,1-15H2;2H,1H3. The van der Waals surface area contributed by atoms with E-state index in [4.69, 9.17) is 5.11 Å². The quantitative estimate of drug-likeness (QED) is 0.293. The molecule has 0 bridgehead atoms. The van der Waals surface area contributed by atoms with Crippen LogP contribution in [-0.4, -0.2) is 26.6 Å². The molecule has 39 heavy (non-hydrogen) atoms. The Hall–Kier alpha value is -1.84. The first kappa shape index (κ1) is 28.7. The Labute approximate surface area is 242 Å². The van der Waals surface area contributed by atoms with Crippen molar-refractivity contribution in [1.29, 1.82) is 0 Å². The summed E-state index contributed by atoms with van der Waals surface area (Å²) < 4.78 is 4.82. The topological polar surface area (TPSA) is 20.2 Å². The van der Waals surface area contributed by atoms with Gasteiger partial charge in [-0.15, -0.1) is 0 Å². The maximum atomic E-state index is 7.00. The van der Waals surface area contributed by atoms with Crippen LogP contribution in [0.3, 0.4) is 0 Å². The Morgan fingerprint density at radius 1 is 0.385 bits per heavy atom. The second-order valence-electron chi connectivity index (χ2n) is 12.2. The number of aliphatic hydroxyl groups is 1. The number of benzene rings is 3. The van der Waals surface area contributed by atoms with Crippen LogP contribution >= 0.6 is 0 Å². The summed E-state index contributed by atoms with van der Waals surface area (Å²) >= 11 is -1.86. The Bertz CT molecular complexity index is 953. The molecule has 3 saturated carbocycles. The zero-order chi connectivity index (χ0) is 26.9. The SMILES string of the molecule is CO.c1c[c]([Ge]([c]2ccc(C3CCCCC3)cc2)[c]2ccc(C3CCCCC3)cc2)ccc1C1CCCCC1. The Morgan fingerprint density at radius 2 is 0.615 bits per heavy atom. The molecule has 3 aromatic rings. The van der Waals surface area contributed by atoms with Gasteiger partial charge in [0.25, 0.3) is 0 Å². The van der Waals surface area contributed by atoms with Crippen LogP contribution in [0.25, 0.3) is 0 Å². The van der Waals surface area contributed by atoms with E-state index in [1.54, 1.807) is 29.9 Å². The Kier molecular flexibility index (Phi) is 10.8. The summed E-state index contributed by atoms with van der Waals surface area (Å²) in [6, 6.07) is 30.1. The van der Waals surface area contributed by atoms with E-state index in [1.165, 1.54) is 96.3 Å². The van der Waals surface area contributed by atoms with Crippen molar-refractivity contribution >= 4 is 27.5 Å². The van der Waals surface area contributed by atoms with Crippen LogP contribution in [0.4, 0.5) is 0 Å². The van der Waals surface area contributed by atoms with Gasteiger partial charge in [-0.3, -0.25) is 0 Å². The maximum absolute atomic E-state index is 7.00. The van der Waals surface area contributed by atoms with Crippen LogP contribution in [0.15, 0.2) is 72.8 Å². The molecule has 2 heteroatoms. The molecule has 1 radical (unpaired) electrons. The van der Waals surface area contributed by atoms with Gasteiger partial charge in [-0.05, 0) is 0 Å². The van der Waals surface area contributed by atoms with E-state index in [1.807, 2.05) is 0 Å². The average molecular weight is 582 g/mol. The molecule has 0 saturated heterocycles. The van der Waals surface area contributed by atoms with Gasteiger partial charge < -0.3 is 5.11 Å². The summed E-state index contributed by atoms with van der Waals surface area (Å²) in [5.74, 6) is 2.36. The molecule has 3 fully saturated rings. The molecule has 3 aromatic carbocycles. The van der Waals surface area contributed by atoms with E-state index in [0.717, 1.165) is 24.9 Å². The second-order valence-corrected chi connectivity index (χ2v) is 17.5. The third-order valence-electron chi connectivity index (χ3n) is 9.83. The predicted molar refractivity (Wildman–Crippen MR) is 170 cm³/mol. The van der Waals surface area contributed by atoms with Gasteiger partial charge in [-0.25, -0.2) is 0 Å². The summed E-state index contributed by atoms with van der Waals surface area (Å²) in [5.41, 5.74) is 4.75. The van der Waals surface area contributed by atoms with Gasteiger partial charge >= 0.3 is 231 Å². The first-order chi connectivity index (χ1) is 19.3. The molecule has 3 aliphatic carbocycles. The Balaban J connectivity index is 0.00000151. The van der Waals surface area contributed by atoms with Gasteiger partial charge in [0.15, 0.2) is 0 Å². The predicted octanol–water partition coefficient (Wildman–Crippen LogP) is 7.95. The molecule has 0 atom stereocenters. The number of hydrogen-bond acceptors (Lipinski definition) is 1. The van der Waals surface area contributed by atoms with E-state index in [0.29, 0.717) is 0 Å². The van der Waals surface area contributed by atoms with E-state index in [9.17, 15) is 0 Å². The first-order valence-corrected chi connectivity index (χ1v) is 19.1. The van der Waals surface area contributed by atoms with Gasteiger partial charge in [0.05, 0.1) is 0 Å². The fourth-order valence-electron chi connectivity index (χ4n) is 7.57. The third kappa shape index (κ3) is 7.28. The van der Waals surface area contributed by atoms with Crippen LogP contribution in [0.2, 0.25) is 0 Å². The summed E-state index contributed by atoms with van der Waals surface area (Å²) in [6.45, 7) is 0. The zero-order valence-electron chi connectivity index (χ0n) is 24.2. The van der Waals surface area contributed by atoms with Crippen LogP contribution < -0.4 is 13.2 Å².